The molecule has 1 heterocycles. The largest absolute Gasteiger partial charge is 0.468 e. The number of rotatable bonds is 6. The normalized spacial score (nSPS) is 11.5. The Morgan fingerprint density at radius 2 is 2.10 bits per heavy atom. The van der Waals surface area contributed by atoms with Gasteiger partial charge < -0.3 is 10.1 Å². The summed E-state index contributed by atoms with van der Waals surface area (Å²) in [6.07, 6.45) is 0.871. The number of hydrogen-bond acceptors (Lipinski definition) is 4. The first-order chi connectivity index (χ1) is 9.72. The molecule has 0 aliphatic heterocycles. The molecule has 0 saturated carbocycles. The second kappa shape index (κ2) is 9.05. The highest BCUT2D eigenvalue weighted by Crippen LogP contribution is 2.23. The van der Waals surface area contributed by atoms with Crippen LogP contribution in [0.3, 0.4) is 0 Å². The van der Waals surface area contributed by atoms with E-state index in [-0.39, 0.29) is 18.4 Å². The molecule has 0 radical (unpaired) electrons. The molecule has 114 valence electrons. The number of ether oxygens (including phenoxy) is 1. The number of thiophene rings is 1. The molecule has 0 unspecified atom stereocenters. The first-order valence-corrected chi connectivity index (χ1v) is 7.56. The van der Waals surface area contributed by atoms with Crippen molar-refractivity contribution in [2.75, 3.05) is 13.7 Å². The third kappa shape index (κ3) is 5.00. The smallest absolute Gasteiger partial charge is 0.327 e. The molecule has 2 aromatic rings. The van der Waals surface area contributed by atoms with Gasteiger partial charge in [0, 0.05) is 16.4 Å². The molecule has 21 heavy (non-hydrogen) atoms. The van der Waals surface area contributed by atoms with Crippen molar-refractivity contribution in [3.8, 4) is 0 Å². The van der Waals surface area contributed by atoms with Crippen LogP contribution in [0.15, 0.2) is 41.8 Å². The lowest BCUT2D eigenvalue weighted by Gasteiger charge is -2.17. The van der Waals surface area contributed by atoms with E-state index >= 15 is 0 Å². The molecule has 1 N–H and O–H groups in total. The van der Waals surface area contributed by atoms with E-state index in [0.29, 0.717) is 11.6 Å². The highest BCUT2D eigenvalue weighted by Gasteiger charge is 2.22. The van der Waals surface area contributed by atoms with E-state index in [1.165, 1.54) is 12.0 Å². The van der Waals surface area contributed by atoms with E-state index in [0.717, 1.165) is 12.0 Å². The molecule has 2 rings (SSSR count). The van der Waals surface area contributed by atoms with Crippen LogP contribution < -0.4 is 5.32 Å². The number of nitrogens with one attached hydrogen (secondary N) is 1. The molecule has 0 bridgehead atoms. The van der Waals surface area contributed by atoms with Gasteiger partial charge in [0.15, 0.2) is 0 Å². The van der Waals surface area contributed by atoms with Crippen molar-refractivity contribution in [1.82, 2.24) is 5.32 Å². The molecule has 0 spiro atoms. The summed E-state index contributed by atoms with van der Waals surface area (Å²) in [6, 6.07) is 10.9. The maximum atomic E-state index is 11.9. The predicted octanol–water partition coefficient (Wildman–Crippen LogP) is 3.87. The van der Waals surface area contributed by atoms with Gasteiger partial charge in [-0.2, -0.15) is 0 Å². The summed E-state index contributed by atoms with van der Waals surface area (Å²) < 4.78 is 4.85. The minimum Gasteiger partial charge on any atom is -0.468 e. The highest BCUT2D eigenvalue weighted by atomic mass is 35.5. The molecule has 1 aromatic heterocycles. The maximum Gasteiger partial charge on any atom is 0.327 e. The SMILES string of the molecule is COC(=O)[C@@H](NCCc1cccs1)c1ccccc1Cl.Cl. The first kappa shape index (κ1) is 18.0. The van der Waals surface area contributed by atoms with Crippen molar-refractivity contribution >= 4 is 41.3 Å². The summed E-state index contributed by atoms with van der Waals surface area (Å²) in [5, 5.41) is 5.82. The fraction of sp³-hybridized carbons (Fsp3) is 0.267. The van der Waals surface area contributed by atoms with E-state index in [4.69, 9.17) is 16.3 Å². The molecule has 0 aliphatic rings. The van der Waals surface area contributed by atoms with Crippen molar-refractivity contribution in [2.24, 2.45) is 0 Å². The standard InChI is InChI=1S/C15H16ClNO2S.ClH/c1-19-15(18)14(12-6-2-3-7-13(12)16)17-9-8-11-5-4-10-20-11;/h2-7,10,14,17H,8-9H2,1H3;1H/t14-;/m0./s1. The third-order valence-electron chi connectivity index (χ3n) is 2.95. The van der Waals surface area contributed by atoms with Crippen LogP contribution in [0.4, 0.5) is 0 Å². The summed E-state index contributed by atoms with van der Waals surface area (Å²) >= 11 is 7.86. The molecule has 1 atom stereocenters. The van der Waals surface area contributed by atoms with Crippen LogP contribution in [-0.2, 0) is 16.0 Å². The van der Waals surface area contributed by atoms with Gasteiger partial charge in [0.25, 0.3) is 0 Å². The summed E-state index contributed by atoms with van der Waals surface area (Å²) in [6.45, 7) is 0.686. The lowest BCUT2D eigenvalue weighted by Crippen LogP contribution is -2.31. The van der Waals surface area contributed by atoms with Crippen molar-refractivity contribution in [2.45, 2.75) is 12.5 Å². The van der Waals surface area contributed by atoms with Crippen LogP contribution in [0.25, 0.3) is 0 Å². The van der Waals surface area contributed by atoms with Gasteiger partial charge in [0.1, 0.15) is 6.04 Å². The zero-order valence-corrected chi connectivity index (χ0v) is 13.9. The van der Waals surface area contributed by atoms with Crippen molar-refractivity contribution < 1.29 is 9.53 Å². The Labute approximate surface area is 139 Å². The van der Waals surface area contributed by atoms with Crippen LogP contribution in [0.1, 0.15) is 16.5 Å². The molecule has 0 amide bonds. The lowest BCUT2D eigenvalue weighted by atomic mass is 10.1. The highest BCUT2D eigenvalue weighted by molar-refractivity contribution is 7.09. The Morgan fingerprint density at radius 3 is 2.71 bits per heavy atom. The van der Waals surface area contributed by atoms with Gasteiger partial charge in [-0.3, -0.25) is 0 Å². The molecule has 0 saturated heterocycles. The van der Waals surface area contributed by atoms with Crippen LogP contribution in [0.5, 0.6) is 0 Å². The minimum absolute atomic E-state index is 0. The van der Waals surface area contributed by atoms with E-state index in [1.54, 1.807) is 17.4 Å². The van der Waals surface area contributed by atoms with E-state index in [9.17, 15) is 4.79 Å². The Balaban J connectivity index is 0.00000220. The predicted molar refractivity (Wildman–Crippen MR) is 89.5 cm³/mol. The Morgan fingerprint density at radius 1 is 1.33 bits per heavy atom. The van der Waals surface area contributed by atoms with Crippen LogP contribution in [0.2, 0.25) is 5.02 Å². The van der Waals surface area contributed by atoms with Gasteiger partial charge in [-0.1, -0.05) is 35.9 Å². The van der Waals surface area contributed by atoms with Gasteiger partial charge >= 0.3 is 5.97 Å². The number of hydrogen-bond donors (Lipinski definition) is 1. The summed E-state index contributed by atoms with van der Waals surface area (Å²) in [7, 11) is 1.38. The van der Waals surface area contributed by atoms with Crippen molar-refractivity contribution in [1.29, 1.82) is 0 Å². The Hall–Kier alpha value is -1.07. The van der Waals surface area contributed by atoms with Crippen LogP contribution in [-0.4, -0.2) is 19.6 Å². The topological polar surface area (TPSA) is 38.3 Å². The van der Waals surface area contributed by atoms with Gasteiger partial charge in [-0.15, -0.1) is 23.7 Å². The maximum absolute atomic E-state index is 11.9. The number of carbonyl (C=O) groups is 1. The fourth-order valence-corrected chi connectivity index (χ4v) is 2.90. The number of esters is 1. The average Bonchev–Trinajstić information content (AvgIpc) is 2.97. The molecule has 3 nitrogen and oxygen atoms in total. The quantitative estimate of drug-likeness (QED) is 0.807. The number of methoxy groups -OCH3 is 1. The summed E-state index contributed by atoms with van der Waals surface area (Å²) in [4.78, 5) is 13.2. The molecule has 0 aliphatic carbocycles. The number of carbonyl (C=O) groups excluding carboxylic acids is 1. The molecule has 6 heteroatoms. The Bertz CT molecular complexity index is 561. The van der Waals surface area contributed by atoms with Crippen LogP contribution in [0, 0.1) is 0 Å². The third-order valence-corrected chi connectivity index (χ3v) is 4.23. The summed E-state index contributed by atoms with van der Waals surface area (Å²) in [5.41, 5.74) is 0.743. The number of halogens is 2. The second-order valence-corrected chi connectivity index (χ2v) is 5.70. The van der Waals surface area contributed by atoms with Crippen molar-refractivity contribution in [3.63, 3.8) is 0 Å². The molecular weight excluding hydrogens is 329 g/mol. The Kier molecular flexibility index (Phi) is 7.75. The van der Waals surface area contributed by atoms with Gasteiger partial charge in [-0.05, 0) is 29.5 Å². The molecule has 0 fully saturated rings. The fourth-order valence-electron chi connectivity index (χ4n) is 1.94. The molecular formula is C15H17Cl2NO2S. The zero-order chi connectivity index (χ0) is 14.4. The number of benzene rings is 1. The lowest BCUT2D eigenvalue weighted by molar-refractivity contribution is -0.143. The monoisotopic (exact) mass is 345 g/mol. The van der Waals surface area contributed by atoms with Gasteiger partial charge in [-0.25, -0.2) is 4.79 Å². The average molecular weight is 346 g/mol. The van der Waals surface area contributed by atoms with Crippen LogP contribution >= 0.6 is 35.3 Å². The second-order valence-electron chi connectivity index (χ2n) is 4.26. The van der Waals surface area contributed by atoms with Gasteiger partial charge in [0.05, 0.1) is 7.11 Å². The molecule has 1 aromatic carbocycles. The minimum atomic E-state index is -0.534. The van der Waals surface area contributed by atoms with Crippen molar-refractivity contribution in [3.05, 3.63) is 57.2 Å². The first-order valence-electron chi connectivity index (χ1n) is 6.30. The summed E-state index contributed by atoms with van der Waals surface area (Å²) in [5.74, 6) is -0.329. The van der Waals surface area contributed by atoms with E-state index < -0.39 is 6.04 Å². The zero-order valence-electron chi connectivity index (χ0n) is 11.5. The van der Waals surface area contributed by atoms with E-state index in [1.807, 2.05) is 29.6 Å². The van der Waals surface area contributed by atoms with Gasteiger partial charge in [0.2, 0.25) is 0 Å². The van der Waals surface area contributed by atoms with E-state index in [2.05, 4.69) is 11.4 Å².